The van der Waals surface area contributed by atoms with Crippen LogP contribution in [0, 0.1) is 0 Å². The molecule has 0 spiro atoms. The van der Waals surface area contributed by atoms with Gasteiger partial charge in [0.05, 0.1) is 6.10 Å². The van der Waals surface area contributed by atoms with Crippen molar-refractivity contribution in [2.45, 2.75) is 65.1 Å². The first-order valence-electron chi connectivity index (χ1n) is 7.15. The molecule has 17 heavy (non-hydrogen) atoms. The van der Waals surface area contributed by atoms with Gasteiger partial charge in [0.1, 0.15) is 0 Å². The van der Waals surface area contributed by atoms with Crippen molar-refractivity contribution >= 4 is 0 Å². The maximum Gasteiger partial charge on any atom is 0.0673 e. The maximum absolute atomic E-state index is 5.68. The molecule has 3 atom stereocenters. The number of hydrogen-bond acceptors (Lipinski definition) is 3. The van der Waals surface area contributed by atoms with Gasteiger partial charge in [-0.05, 0) is 33.6 Å². The van der Waals surface area contributed by atoms with Crippen LogP contribution < -0.4 is 5.32 Å². The average Bonchev–Trinajstić information content (AvgIpc) is 2.30. The number of rotatable bonds is 6. The van der Waals surface area contributed by atoms with E-state index in [4.69, 9.17) is 4.74 Å². The van der Waals surface area contributed by atoms with Gasteiger partial charge in [0.25, 0.3) is 0 Å². The Morgan fingerprint density at radius 2 is 2.12 bits per heavy atom. The standard InChI is InChI=1S/C14H30N2O/c1-6-13-9-15-14(5,7-2)11-16(13)10-12(4)17-8-3/h12-13,15H,6-11H2,1-5H3. The van der Waals surface area contributed by atoms with Gasteiger partial charge in [-0.15, -0.1) is 0 Å². The molecule has 1 heterocycles. The fourth-order valence-electron chi connectivity index (χ4n) is 2.65. The Balaban J connectivity index is 2.57. The summed E-state index contributed by atoms with van der Waals surface area (Å²) in [5.41, 5.74) is 0.275. The van der Waals surface area contributed by atoms with Crippen LogP contribution in [0.15, 0.2) is 0 Å². The molecule has 0 radical (unpaired) electrons. The number of nitrogens with zero attached hydrogens (tertiary/aromatic N) is 1. The van der Waals surface area contributed by atoms with Gasteiger partial charge in [0.15, 0.2) is 0 Å². The summed E-state index contributed by atoms with van der Waals surface area (Å²) in [6.07, 6.45) is 2.74. The lowest BCUT2D eigenvalue weighted by molar-refractivity contribution is 0.00619. The molecular formula is C14H30N2O. The predicted octanol–water partition coefficient (Wildman–Crippen LogP) is 2.26. The van der Waals surface area contributed by atoms with E-state index in [2.05, 4.69) is 44.8 Å². The van der Waals surface area contributed by atoms with E-state index in [1.54, 1.807) is 0 Å². The highest BCUT2D eigenvalue weighted by atomic mass is 16.5. The number of ether oxygens (including phenoxy) is 1. The van der Waals surface area contributed by atoms with E-state index in [0.29, 0.717) is 12.1 Å². The Hall–Kier alpha value is -0.120. The Morgan fingerprint density at radius 3 is 2.65 bits per heavy atom. The summed E-state index contributed by atoms with van der Waals surface area (Å²) in [6.45, 7) is 15.3. The van der Waals surface area contributed by atoms with Gasteiger partial charge >= 0.3 is 0 Å². The highest BCUT2D eigenvalue weighted by molar-refractivity contribution is 4.94. The molecule has 102 valence electrons. The quantitative estimate of drug-likeness (QED) is 0.773. The van der Waals surface area contributed by atoms with E-state index in [9.17, 15) is 0 Å². The van der Waals surface area contributed by atoms with Crippen LogP contribution in [0.3, 0.4) is 0 Å². The average molecular weight is 242 g/mol. The molecule has 0 bridgehead atoms. The zero-order valence-electron chi connectivity index (χ0n) is 12.3. The Labute approximate surface area is 107 Å². The Kier molecular flexibility index (Phi) is 5.90. The molecule has 0 aliphatic carbocycles. The summed E-state index contributed by atoms with van der Waals surface area (Å²) >= 11 is 0. The summed E-state index contributed by atoms with van der Waals surface area (Å²) in [7, 11) is 0. The largest absolute Gasteiger partial charge is 0.377 e. The highest BCUT2D eigenvalue weighted by Gasteiger charge is 2.34. The van der Waals surface area contributed by atoms with Crippen molar-refractivity contribution < 1.29 is 4.74 Å². The van der Waals surface area contributed by atoms with Crippen molar-refractivity contribution in [3.05, 3.63) is 0 Å². The second-order valence-corrected chi connectivity index (χ2v) is 5.55. The lowest BCUT2D eigenvalue weighted by Crippen LogP contribution is -2.63. The molecule has 1 rings (SSSR count). The van der Waals surface area contributed by atoms with Gasteiger partial charge in [-0.1, -0.05) is 13.8 Å². The summed E-state index contributed by atoms with van der Waals surface area (Å²) < 4.78 is 5.68. The molecule has 0 aromatic carbocycles. The molecule has 0 amide bonds. The maximum atomic E-state index is 5.68. The molecule has 1 saturated heterocycles. The first-order valence-corrected chi connectivity index (χ1v) is 7.15. The van der Waals surface area contributed by atoms with Crippen LogP contribution in [0.5, 0.6) is 0 Å². The first kappa shape index (κ1) is 14.9. The summed E-state index contributed by atoms with van der Waals surface area (Å²) in [6, 6.07) is 0.664. The fourth-order valence-corrected chi connectivity index (χ4v) is 2.65. The number of nitrogens with one attached hydrogen (secondary N) is 1. The molecule has 3 unspecified atom stereocenters. The third-order valence-electron chi connectivity index (χ3n) is 4.03. The lowest BCUT2D eigenvalue weighted by Gasteiger charge is -2.46. The van der Waals surface area contributed by atoms with Crippen LogP contribution in [-0.4, -0.2) is 48.8 Å². The molecule has 1 aliphatic rings. The normalized spacial score (nSPS) is 32.6. The first-order chi connectivity index (χ1) is 8.04. The monoisotopic (exact) mass is 242 g/mol. The van der Waals surface area contributed by atoms with Gasteiger partial charge in [-0.25, -0.2) is 0 Å². The van der Waals surface area contributed by atoms with Crippen LogP contribution >= 0.6 is 0 Å². The number of hydrogen-bond donors (Lipinski definition) is 1. The van der Waals surface area contributed by atoms with Gasteiger partial charge in [-0.3, -0.25) is 4.90 Å². The van der Waals surface area contributed by atoms with Crippen molar-refractivity contribution in [2.75, 3.05) is 26.2 Å². The van der Waals surface area contributed by atoms with E-state index in [-0.39, 0.29) is 5.54 Å². The summed E-state index contributed by atoms with van der Waals surface area (Å²) in [5.74, 6) is 0. The smallest absolute Gasteiger partial charge is 0.0673 e. The third kappa shape index (κ3) is 4.23. The topological polar surface area (TPSA) is 24.5 Å². The molecule has 0 aromatic heterocycles. The van der Waals surface area contributed by atoms with E-state index in [1.807, 2.05) is 0 Å². The molecule has 0 saturated carbocycles. The minimum absolute atomic E-state index is 0.275. The minimum Gasteiger partial charge on any atom is -0.377 e. The fraction of sp³-hybridized carbons (Fsp3) is 1.00. The Bertz CT molecular complexity index is 222. The molecule has 3 heteroatoms. The van der Waals surface area contributed by atoms with Crippen molar-refractivity contribution in [3.63, 3.8) is 0 Å². The van der Waals surface area contributed by atoms with Crippen LogP contribution in [0.1, 0.15) is 47.5 Å². The number of piperazine rings is 1. The van der Waals surface area contributed by atoms with Gasteiger partial charge < -0.3 is 10.1 Å². The third-order valence-corrected chi connectivity index (χ3v) is 4.03. The van der Waals surface area contributed by atoms with E-state index in [1.165, 1.54) is 12.8 Å². The molecule has 0 aromatic rings. The van der Waals surface area contributed by atoms with Gasteiger partial charge in [0, 0.05) is 37.8 Å². The predicted molar refractivity (Wildman–Crippen MR) is 73.4 cm³/mol. The molecule has 3 nitrogen and oxygen atoms in total. The molecular weight excluding hydrogens is 212 g/mol. The van der Waals surface area contributed by atoms with E-state index < -0.39 is 0 Å². The summed E-state index contributed by atoms with van der Waals surface area (Å²) in [4.78, 5) is 2.61. The minimum atomic E-state index is 0.275. The SMILES string of the molecule is CCOC(C)CN1CC(C)(CC)NCC1CC. The highest BCUT2D eigenvalue weighted by Crippen LogP contribution is 2.20. The van der Waals surface area contributed by atoms with Gasteiger partial charge in [-0.2, -0.15) is 0 Å². The molecule has 1 N–H and O–H groups in total. The zero-order chi connectivity index (χ0) is 12.9. The van der Waals surface area contributed by atoms with E-state index in [0.717, 1.165) is 26.2 Å². The van der Waals surface area contributed by atoms with Crippen molar-refractivity contribution in [1.82, 2.24) is 10.2 Å². The second-order valence-electron chi connectivity index (χ2n) is 5.55. The second kappa shape index (κ2) is 6.72. The van der Waals surface area contributed by atoms with Crippen LogP contribution in [0.25, 0.3) is 0 Å². The van der Waals surface area contributed by atoms with Crippen LogP contribution in [-0.2, 0) is 4.74 Å². The van der Waals surface area contributed by atoms with Crippen molar-refractivity contribution in [3.8, 4) is 0 Å². The Morgan fingerprint density at radius 1 is 1.41 bits per heavy atom. The molecule has 1 aliphatic heterocycles. The molecule has 1 fully saturated rings. The van der Waals surface area contributed by atoms with Gasteiger partial charge in [0.2, 0.25) is 0 Å². The van der Waals surface area contributed by atoms with Crippen molar-refractivity contribution in [2.24, 2.45) is 0 Å². The van der Waals surface area contributed by atoms with Crippen molar-refractivity contribution in [1.29, 1.82) is 0 Å². The van der Waals surface area contributed by atoms with Crippen LogP contribution in [0.2, 0.25) is 0 Å². The van der Waals surface area contributed by atoms with Crippen LogP contribution in [0.4, 0.5) is 0 Å². The lowest BCUT2D eigenvalue weighted by atomic mass is 9.92. The zero-order valence-corrected chi connectivity index (χ0v) is 12.3. The van der Waals surface area contributed by atoms with E-state index >= 15 is 0 Å². The summed E-state index contributed by atoms with van der Waals surface area (Å²) in [5, 5.41) is 3.70.